The van der Waals surface area contributed by atoms with Crippen LogP contribution in [0.5, 0.6) is 0 Å². The van der Waals surface area contributed by atoms with Gasteiger partial charge in [-0.1, -0.05) is 23.2 Å². The Morgan fingerprint density at radius 3 is 2.90 bits per heavy atom. The summed E-state index contributed by atoms with van der Waals surface area (Å²) in [6.45, 7) is 3.57. The van der Waals surface area contributed by atoms with Gasteiger partial charge in [-0.05, 0) is 43.5 Å². The molecule has 1 fully saturated rings. The molecule has 1 aliphatic rings. The Kier molecular flexibility index (Phi) is 4.01. The van der Waals surface area contributed by atoms with Crippen molar-refractivity contribution in [2.45, 2.75) is 38.9 Å². The van der Waals surface area contributed by atoms with Gasteiger partial charge in [-0.15, -0.1) is 0 Å². The Labute approximate surface area is 128 Å². The van der Waals surface area contributed by atoms with Crippen LogP contribution >= 0.6 is 23.2 Å². The van der Waals surface area contributed by atoms with Crippen molar-refractivity contribution in [2.24, 2.45) is 0 Å². The van der Waals surface area contributed by atoms with Gasteiger partial charge < -0.3 is 9.88 Å². The fourth-order valence-corrected chi connectivity index (χ4v) is 2.62. The van der Waals surface area contributed by atoms with Crippen LogP contribution in [0, 0.1) is 6.92 Å². The van der Waals surface area contributed by atoms with Crippen molar-refractivity contribution in [2.75, 3.05) is 0 Å². The standard InChI is InChI=1S/C15H17Cl2N3/c1-10-18-7-14(8-19-13-3-4-13)20(10)9-11-6-12(16)2-5-15(11)17/h2,5-7,13,19H,3-4,8-9H2,1H3. The first-order valence-electron chi connectivity index (χ1n) is 6.82. The predicted octanol–water partition coefficient (Wildman–Crippen LogP) is 3.80. The highest BCUT2D eigenvalue weighted by molar-refractivity contribution is 6.33. The van der Waals surface area contributed by atoms with Gasteiger partial charge >= 0.3 is 0 Å². The van der Waals surface area contributed by atoms with Crippen LogP contribution in [-0.2, 0) is 13.1 Å². The lowest BCUT2D eigenvalue weighted by Gasteiger charge is -2.12. The van der Waals surface area contributed by atoms with E-state index in [0.717, 1.165) is 23.0 Å². The molecule has 0 radical (unpaired) electrons. The molecule has 106 valence electrons. The zero-order valence-corrected chi connectivity index (χ0v) is 12.9. The molecule has 0 aliphatic heterocycles. The zero-order chi connectivity index (χ0) is 14.1. The number of aryl methyl sites for hydroxylation is 1. The lowest BCUT2D eigenvalue weighted by Crippen LogP contribution is -2.19. The number of hydrogen-bond donors (Lipinski definition) is 1. The molecule has 0 bridgehead atoms. The summed E-state index contributed by atoms with van der Waals surface area (Å²) >= 11 is 12.3. The summed E-state index contributed by atoms with van der Waals surface area (Å²) < 4.78 is 2.19. The average molecular weight is 310 g/mol. The second kappa shape index (κ2) is 5.76. The molecule has 0 spiro atoms. The summed E-state index contributed by atoms with van der Waals surface area (Å²) in [5.41, 5.74) is 2.21. The number of hydrogen-bond acceptors (Lipinski definition) is 2. The van der Waals surface area contributed by atoms with Gasteiger partial charge in [0.2, 0.25) is 0 Å². The highest BCUT2D eigenvalue weighted by atomic mass is 35.5. The molecule has 1 aromatic carbocycles. The van der Waals surface area contributed by atoms with Gasteiger partial charge in [0.25, 0.3) is 0 Å². The van der Waals surface area contributed by atoms with Crippen molar-refractivity contribution in [3.63, 3.8) is 0 Å². The third-order valence-corrected chi connectivity index (χ3v) is 4.23. The van der Waals surface area contributed by atoms with Crippen LogP contribution in [0.25, 0.3) is 0 Å². The molecule has 5 heteroatoms. The summed E-state index contributed by atoms with van der Waals surface area (Å²) in [5.74, 6) is 0.994. The van der Waals surface area contributed by atoms with E-state index >= 15 is 0 Å². The van der Waals surface area contributed by atoms with Crippen LogP contribution in [0.2, 0.25) is 10.0 Å². The number of aromatic nitrogens is 2. The third-order valence-electron chi connectivity index (χ3n) is 3.62. The van der Waals surface area contributed by atoms with Gasteiger partial charge in [-0.2, -0.15) is 0 Å². The highest BCUT2D eigenvalue weighted by Crippen LogP contribution is 2.23. The Morgan fingerprint density at radius 1 is 1.35 bits per heavy atom. The first kappa shape index (κ1) is 13.9. The molecule has 1 heterocycles. The molecule has 1 aliphatic carbocycles. The monoisotopic (exact) mass is 309 g/mol. The molecule has 0 atom stereocenters. The molecule has 3 nitrogen and oxygen atoms in total. The number of halogens is 2. The van der Waals surface area contributed by atoms with Crippen molar-refractivity contribution in [3.8, 4) is 0 Å². The summed E-state index contributed by atoms with van der Waals surface area (Å²) in [6, 6.07) is 6.26. The SMILES string of the molecule is Cc1ncc(CNC2CC2)n1Cc1cc(Cl)ccc1Cl. The molecule has 0 saturated heterocycles. The number of nitrogens with zero attached hydrogens (tertiary/aromatic N) is 2. The van der Waals surface area contributed by atoms with E-state index in [1.807, 2.05) is 31.3 Å². The molecule has 1 N–H and O–H groups in total. The summed E-state index contributed by atoms with van der Waals surface area (Å²) in [7, 11) is 0. The molecule has 20 heavy (non-hydrogen) atoms. The summed E-state index contributed by atoms with van der Waals surface area (Å²) in [4.78, 5) is 4.41. The van der Waals surface area contributed by atoms with Crippen LogP contribution < -0.4 is 5.32 Å². The van der Waals surface area contributed by atoms with E-state index in [4.69, 9.17) is 23.2 Å². The molecule has 3 rings (SSSR count). The van der Waals surface area contributed by atoms with Crippen LogP contribution in [0.15, 0.2) is 24.4 Å². The van der Waals surface area contributed by atoms with E-state index in [1.165, 1.54) is 18.5 Å². The molecule has 1 aromatic heterocycles. The van der Waals surface area contributed by atoms with Gasteiger partial charge in [0.15, 0.2) is 0 Å². The molecule has 1 saturated carbocycles. The van der Waals surface area contributed by atoms with E-state index in [-0.39, 0.29) is 0 Å². The normalized spacial score (nSPS) is 14.8. The second-order valence-corrected chi connectivity index (χ2v) is 6.12. The largest absolute Gasteiger partial charge is 0.327 e. The van der Waals surface area contributed by atoms with Crippen molar-refractivity contribution < 1.29 is 0 Å². The van der Waals surface area contributed by atoms with Gasteiger partial charge in [-0.3, -0.25) is 0 Å². The Balaban J connectivity index is 1.81. The Hall–Kier alpha value is -1.03. The lowest BCUT2D eigenvalue weighted by atomic mass is 10.2. The maximum atomic E-state index is 6.25. The number of imidazole rings is 1. The Morgan fingerprint density at radius 2 is 2.15 bits per heavy atom. The van der Waals surface area contributed by atoms with Crippen LogP contribution in [0.1, 0.15) is 29.9 Å². The van der Waals surface area contributed by atoms with Crippen molar-refractivity contribution in [3.05, 3.63) is 51.5 Å². The first-order chi connectivity index (χ1) is 9.63. The number of rotatable bonds is 5. The summed E-state index contributed by atoms with van der Waals surface area (Å²) in [6.07, 6.45) is 4.50. The molecule has 2 aromatic rings. The summed E-state index contributed by atoms with van der Waals surface area (Å²) in [5, 5.41) is 4.97. The topological polar surface area (TPSA) is 29.9 Å². The minimum absolute atomic E-state index is 0.688. The van der Waals surface area contributed by atoms with E-state index in [9.17, 15) is 0 Å². The minimum Gasteiger partial charge on any atom is -0.327 e. The number of nitrogens with one attached hydrogen (secondary N) is 1. The quantitative estimate of drug-likeness (QED) is 0.910. The second-order valence-electron chi connectivity index (χ2n) is 5.27. The molecule has 0 amide bonds. The van der Waals surface area contributed by atoms with Gasteiger partial charge in [0, 0.05) is 28.8 Å². The molecule has 0 unspecified atom stereocenters. The van der Waals surface area contributed by atoms with Gasteiger partial charge in [-0.25, -0.2) is 4.98 Å². The van der Waals surface area contributed by atoms with E-state index in [0.29, 0.717) is 17.6 Å². The van der Waals surface area contributed by atoms with Crippen molar-refractivity contribution >= 4 is 23.2 Å². The third kappa shape index (κ3) is 3.17. The smallest absolute Gasteiger partial charge is 0.106 e. The fourth-order valence-electron chi connectivity index (χ4n) is 2.24. The predicted molar refractivity (Wildman–Crippen MR) is 82.4 cm³/mol. The maximum Gasteiger partial charge on any atom is 0.106 e. The molecular weight excluding hydrogens is 293 g/mol. The van der Waals surface area contributed by atoms with E-state index in [2.05, 4.69) is 14.9 Å². The first-order valence-corrected chi connectivity index (χ1v) is 7.57. The zero-order valence-electron chi connectivity index (χ0n) is 11.4. The van der Waals surface area contributed by atoms with Crippen LogP contribution in [-0.4, -0.2) is 15.6 Å². The van der Waals surface area contributed by atoms with Crippen molar-refractivity contribution in [1.82, 2.24) is 14.9 Å². The Bertz CT molecular complexity index is 618. The van der Waals surface area contributed by atoms with Crippen molar-refractivity contribution in [1.29, 1.82) is 0 Å². The highest BCUT2D eigenvalue weighted by Gasteiger charge is 2.21. The van der Waals surface area contributed by atoms with Gasteiger partial charge in [0.05, 0.1) is 12.2 Å². The van der Waals surface area contributed by atoms with Crippen LogP contribution in [0.3, 0.4) is 0 Å². The average Bonchev–Trinajstić information content (AvgIpc) is 3.19. The number of benzene rings is 1. The minimum atomic E-state index is 0.688. The van der Waals surface area contributed by atoms with E-state index < -0.39 is 0 Å². The lowest BCUT2D eigenvalue weighted by molar-refractivity contribution is 0.627. The van der Waals surface area contributed by atoms with Crippen LogP contribution in [0.4, 0.5) is 0 Å². The van der Waals surface area contributed by atoms with Gasteiger partial charge in [0.1, 0.15) is 5.82 Å². The fraction of sp³-hybridized carbons (Fsp3) is 0.400. The van der Waals surface area contributed by atoms with E-state index in [1.54, 1.807) is 0 Å². The maximum absolute atomic E-state index is 6.25. The molecular formula is C15H17Cl2N3.